The number of esters is 1. The van der Waals surface area contributed by atoms with E-state index in [1.165, 1.54) is 6.08 Å². The Morgan fingerprint density at radius 2 is 2.05 bits per heavy atom. The van der Waals surface area contributed by atoms with Gasteiger partial charge < -0.3 is 9.47 Å². The van der Waals surface area contributed by atoms with Crippen molar-refractivity contribution in [1.82, 2.24) is 0 Å². The summed E-state index contributed by atoms with van der Waals surface area (Å²) in [5, 5.41) is 0. The van der Waals surface area contributed by atoms with E-state index in [2.05, 4.69) is 6.58 Å². The normalized spacial score (nSPS) is 10.5. The number of rotatable bonds is 7. The van der Waals surface area contributed by atoms with Gasteiger partial charge in [0.05, 0.1) is 6.61 Å². The molecule has 0 N–H and O–H groups in total. The molecule has 20 heavy (non-hydrogen) atoms. The van der Waals surface area contributed by atoms with Gasteiger partial charge in [0.1, 0.15) is 12.9 Å². The minimum absolute atomic E-state index is 0.146. The van der Waals surface area contributed by atoms with Crippen LogP contribution in [-0.2, 0) is 32.3 Å². The molecule has 1 aromatic rings. The first-order valence-corrected chi connectivity index (χ1v) is 6.13. The molecule has 0 aromatic heterocycles. The molecule has 0 atom stereocenters. The Morgan fingerprint density at radius 3 is 2.65 bits per heavy atom. The Kier molecular flexibility index (Phi) is 6.40. The summed E-state index contributed by atoms with van der Waals surface area (Å²) < 4.78 is 10.3. The summed E-state index contributed by atoms with van der Waals surface area (Å²) in [4.78, 5) is 21.8. The third kappa shape index (κ3) is 4.82. The lowest BCUT2D eigenvalue weighted by atomic mass is 10.0. The van der Waals surface area contributed by atoms with Gasteiger partial charge in [-0.15, -0.1) is 0 Å². The van der Waals surface area contributed by atoms with Gasteiger partial charge >= 0.3 is 5.97 Å². The maximum atomic E-state index is 11.4. The third-order valence-electron chi connectivity index (χ3n) is 2.60. The van der Waals surface area contributed by atoms with Crippen LogP contribution in [0.1, 0.15) is 23.6 Å². The number of allylic oxidation sites excluding steroid dienone is 1. The van der Waals surface area contributed by atoms with Crippen molar-refractivity contribution in [1.29, 1.82) is 0 Å². The zero-order valence-corrected chi connectivity index (χ0v) is 11.7. The molecule has 0 aliphatic carbocycles. The molecule has 0 radical (unpaired) electrons. The van der Waals surface area contributed by atoms with E-state index >= 15 is 0 Å². The lowest BCUT2D eigenvalue weighted by Gasteiger charge is -2.11. The average molecular weight is 274 g/mol. The molecule has 0 bridgehead atoms. The standard InChI is InChI=1S/C16H18O4/c1-12(2)16(18)20-11-15-9-13(5-4-8-17)6-7-14(15)10-19-3/h4-9H,1,10-11H2,2-3H3/b5-4+. The molecule has 4 nitrogen and oxygen atoms in total. The summed E-state index contributed by atoms with van der Waals surface area (Å²) in [6.45, 7) is 5.71. The Balaban J connectivity index is 2.93. The average Bonchev–Trinajstić information content (AvgIpc) is 2.44. The molecule has 0 aliphatic rings. The van der Waals surface area contributed by atoms with Crippen LogP contribution in [0.25, 0.3) is 6.08 Å². The van der Waals surface area contributed by atoms with Gasteiger partial charge in [-0.05, 0) is 35.8 Å². The summed E-state index contributed by atoms with van der Waals surface area (Å²) in [6, 6.07) is 5.62. The van der Waals surface area contributed by atoms with E-state index in [1.807, 2.05) is 18.2 Å². The monoisotopic (exact) mass is 274 g/mol. The number of carbonyl (C=O) groups excluding carboxylic acids is 2. The summed E-state index contributed by atoms with van der Waals surface area (Å²) >= 11 is 0. The predicted molar refractivity (Wildman–Crippen MR) is 76.9 cm³/mol. The van der Waals surface area contributed by atoms with Gasteiger partial charge in [0, 0.05) is 12.7 Å². The summed E-state index contributed by atoms with van der Waals surface area (Å²) in [6.07, 6.45) is 3.81. The molecular formula is C16H18O4. The molecular weight excluding hydrogens is 256 g/mol. The largest absolute Gasteiger partial charge is 0.457 e. The molecule has 0 amide bonds. The van der Waals surface area contributed by atoms with Crippen molar-refractivity contribution in [2.45, 2.75) is 20.1 Å². The first-order valence-electron chi connectivity index (χ1n) is 6.13. The Hall–Kier alpha value is -2.20. The number of hydrogen-bond donors (Lipinski definition) is 0. The number of benzene rings is 1. The maximum Gasteiger partial charge on any atom is 0.333 e. The minimum Gasteiger partial charge on any atom is -0.457 e. The van der Waals surface area contributed by atoms with Crippen LogP contribution in [0.4, 0.5) is 0 Å². The highest BCUT2D eigenvalue weighted by Crippen LogP contribution is 2.16. The second kappa shape index (κ2) is 8.07. The SMILES string of the molecule is C=C(C)C(=O)OCc1cc(/C=C/C=O)ccc1COC. The Labute approximate surface area is 118 Å². The van der Waals surface area contributed by atoms with Crippen LogP contribution in [0.5, 0.6) is 0 Å². The molecule has 0 saturated carbocycles. The fraction of sp³-hybridized carbons (Fsp3) is 0.250. The molecule has 1 aromatic carbocycles. The van der Waals surface area contributed by atoms with Crippen molar-refractivity contribution in [2.24, 2.45) is 0 Å². The molecule has 0 aliphatic heterocycles. The Morgan fingerprint density at radius 1 is 1.30 bits per heavy atom. The van der Waals surface area contributed by atoms with Crippen molar-refractivity contribution in [3.05, 3.63) is 53.1 Å². The van der Waals surface area contributed by atoms with Crippen LogP contribution in [0.2, 0.25) is 0 Å². The number of hydrogen-bond acceptors (Lipinski definition) is 4. The molecule has 106 valence electrons. The van der Waals surface area contributed by atoms with E-state index in [0.29, 0.717) is 18.5 Å². The quantitative estimate of drug-likeness (QED) is 0.436. The van der Waals surface area contributed by atoms with Crippen molar-refractivity contribution >= 4 is 18.3 Å². The third-order valence-corrected chi connectivity index (χ3v) is 2.60. The molecule has 0 unspecified atom stereocenters. The number of ether oxygens (including phenoxy) is 2. The second-order valence-corrected chi connectivity index (χ2v) is 4.31. The maximum absolute atomic E-state index is 11.4. The van der Waals surface area contributed by atoms with E-state index in [4.69, 9.17) is 9.47 Å². The molecule has 0 spiro atoms. The van der Waals surface area contributed by atoms with Gasteiger partial charge in [0.25, 0.3) is 0 Å². The first-order chi connectivity index (χ1) is 9.58. The number of methoxy groups -OCH3 is 1. The van der Waals surface area contributed by atoms with Crippen LogP contribution < -0.4 is 0 Å². The van der Waals surface area contributed by atoms with Gasteiger partial charge in [-0.25, -0.2) is 4.79 Å². The number of carbonyl (C=O) groups is 2. The van der Waals surface area contributed by atoms with E-state index in [1.54, 1.807) is 20.1 Å². The smallest absolute Gasteiger partial charge is 0.333 e. The van der Waals surface area contributed by atoms with Gasteiger partial charge in [0.2, 0.25) is 0 Å². The topological polar surface area (TPSA) is 52.6 Å². The van der Waals surface area contributed by atoms with Gasteiger partial charge in [-0.1, -0.05) is 24.8 Å². The van der Waals surface area contributed by atoms with Crippen LogP contribution in [0, 0.1) is 0 Å². The second-order valence-electron chi connectivity index (χ2n) is 4.31. The lowest BCUT2D eigenvalue weighted by molar-refractivity contribution is -0.140. The lowest BCUT2D eigenvalue weighted by Crippen LogP contribution is -2.07. The van der Waals surface area contributed by atoms with Gasteiger partial charge in [-0.2, -0.15) is 0 Å². The Bertz CT molecular complexity index is 529. The van der Waals surface area contributed by atoms with Crippen LogP contribution in [0.15, 0.2) is 36.4 Å². The highest BCUT2D eigenvalue weighted by molar-refractivity contribution is 5.86. The zero-order valence-electron chi connectivity index (χ0n) is 11.7. The zero-order chi connectivity index (χ0) is 15.0. The van der Waals surface area contributed by atoms with Crippen molar-refractivity contribution in [3.63, 3.8) is 0 Å². The van der Waals surface area contributed by atoms with E-state index in [-0.39, 0.29) is 6.61 Å². The molecule has 0 saturated heterocycles. The highest BCUT2D eigenvalue weighted by atomic mass is 16.5. The minimum atomic E-state index is -0.429. The predicted octanol–water partition coefficient (Wildman–Crippen LogP) is 2.66. The van der Waals surface area contributed by atoms with Gasteiger partial charge in [0.15, 0.2) is 0 Å². The van der Waals surface area contributed by atoms with Crippen molar-refractivity contribution < 1.29 is 19.1 Å². The molecule has 0 fully saturated rings. The first kappa shape index (κ1) is 15.9. The van der Waals surface area contributed by atoms with Crippen LogP contribution in [-0.4, -0.2) is 19.4 Å². The molecule has 0 heterocycles. The van der Waals surface area contributed by atoms with Crippen molar-refractivity contribution in [3.8, 4) is 0 Å². The highest BCUT2D eigenvalue weighted by Gasteiger charge is 2.08. The fourth-order valence-electron chi connectivity index (χ4n) is 1.60. The molecule has 1 rings (SSSR count). The van der Waals surface area contributed by atoms with Crippen LogP contribution in [0.3, 0.4) is 0 Å². The molecule has 4 heteroatoms. The summed E-state index contributed by atoms with van der Waals surface area (Å²) in [7, 11) is 1.60. The summed E-state index contributed by atoms with van der Waals surface area (Å²) in [5.74, 6) is -0.429. The fourth-order valence-corrected chi connectivity index (χ4v) is 1.60. The van der Waals surface area contributed by atoms with Gasteiger partial charge in [-0.3, -0.25) is 4.79 Å². The van der Waals surface area contributed by atoms with E-state index in [9.17, 15) is 9.59 Å². The summed E-state index contributed by atoms with van der Waals surface area (Å²) in [5.41, 5.74) is 2.99. The van der Waals surface area contributed by atoms with E-state index in [0.717, 1.165) is 16.7 Å². The van der Waals surface area contributed by atoms with Crippen molar-refractivity contribution in [2.75, 3.05) is 7.11 Å². The number of aldehydes is 1. The van der Waals surface area contributed by atoms with Crippen LogP contribution >= 0.6 is 0 Å². The van der Waals surface area contributed by atoms with E-state index < -0.39 is 5.97 Å².